The molecular formula is C22H25N3O2. The fraction of sp³-hybridized carbons (Fsp3) is 0.318. The van der Waals surface area contributed by atoms with Crippen molar-refractivity contribution in [2.24, 2.45) is 0 Å². The minimum absolute atomic E-state index is 0.0831. The van der Waals surface area contributed by atoms with Crippen LogP contribution in [0.25, 0.3) is 10.9 Å². The fourth-order valence-corrected chi connectivity index (χ4v) is 3.55. The van der Waals surface area contributed by atoms with Crippen molar-refractivity contribution in [2.45, 2.75) is 19.4 Å². The van der Waals surface area contributed by atoms with Gasteiger partial charge < -0.3 is 19.9 Å². The van der Waals surface area contributed by atoms with Crippen molar-refractivity contribution in [3.8, 4) is 0 Å². The molecule has 0 radical (unpaired) electrons. The Balaban J connectivity index is 1.27. The van der Waals surface area contributed by atoms with Gasteiger partial charge in [-0.15, -0.1) is 0 Å². The van der Waals surface area contributed by atoms with Gasteiger partial charge in [0, 0.05) is 48.8 Å². The zero-order valence-corrected chi connectivity index (χ0v) is 15.4. The maximum atomic E-state index is 12.2. The number of morpholine rings is 1. The summed E-state index contributed by atoms with van der Waals surface area (Å²) in [6, 6.07) is 16.7. The second-order valence-electron chi connectivity index (χ2n) is 6.90. The minimum Gasteiger partial charge on any atom is -0.378 e. The molecule has 2 heterocycles. The molecule has 1 fully saturated rings. The highest BCUT2D eigenvalue weighted by Gasteiger charge is 2.11. The minimum atomic E-state index is 0.0831. The Labute approximate surface area is 159 Å². The van der Waals surface area contributed by atoms with Crippen LogP contribution >= 0.6 is 0 Å². The molecule has 1 aliphatic heterocycles. The SMILES string of the molecule is O=C(CCc1cccc2[nH]ccc12)NCc1ccc(N2CCOCC2)cc1. The van der Waals surface area contributed by atoms with Gasteiger partial charge in [-0.3, -0.25) is 4.79 Å². The number of aromatic nitrogens is 1. The van der Waals surface area contributed by atoms with Gasteiger partial charge in [-0.1, -0.05) is 24.3 Å². The van der Waals surface area contributed by atoms with Crippen LogP contribution in [0.15, 0.2) is 54.7 Å². The number of amides is 1. The molecule has 1 aliphatic rings. The zero-order chi connectivity index (χ0) is 18.5. The Bertz CT molecular complexity index is 895. The summed E-state index contributed by atoms with van der Waals surface area (Å²) in [5, 5.41) is 4.23. The molecule has 2 aromatic carbocycles. The molecule has 0 unspecified atom stereocenters. The molecule has 0 aliphatic carbocycles. The summed E-state index contributed by atoms with van der Waals surface area (Å²) in [7, 11) is 0. The quantitative estimate of drug-likeness (QED) is 0.707. The Morgan fingerprint density at radius 2 is 1.89 bits per heavy atom. The largest absolute Gasteiger partial charge is 0.378 e. The average molecular weight is 363 g/mol. The summed E-state index contributed by atoms with van der Waals surface area (Å²) >= 11 is 0. The van der Waals surface area contributed by atoms with Gasteiger partial charge in [-0.05, 0) is 41.8 Å². The number of carbonyl (C=O) groups is 1. The second kappa shape index (κ2) is 8.27. The van der Waals surface area contributed by atoms with Gasteiger partial charge in [0.1, 0.15) is 0 Å². The summed E-state index contributed by atoms with van der Waals surface area (Å²) in [6.45, 7) is 4.01. The van der Waals surface area contributed by atoms with E-state index in [1.807, 2.05) is 12.3 Å². The van der Waals surface area contributed by atoms with Crippen LogP contribution in [0.3, 0.4) is 0 Å². The summed E-state index contributed by atoms with van der Waals surface area (Å²) < 4.78 is 5.39. The number of anilines is 1. The Kier molecular flexibility index (Phi) is 5.39. The average Bonchev–Trinajstić information content (AvgIpc) is 3.21. The number of nitrogens with zero attached hydrogens (tertiary/aromatic N) is 1. The predicted octanol–water partition coefficient (Wildman–Crippen LogP) is 3.25. The van der Waals surface area contributed by atoms with E-state index in [0.717, 1.165) is 43.8 Å². The van der Waals surface area contributed by atoms with E-state index in [0.29, 0.717) is 13.0 Å². The molecule has 5 heteroatoms. The maximum Gasteiger partial charge on any atom is 0.220 e. The van der Waals surface area contributed by atoms with E-state index in [4.69, 9.17) is 4.74 Å². The zero-order valence-electron chi connectivity index (χ0n) is 15.4. The highest BCUT2D eigenvalue weighted by molar-refractivity contribution is 5.84. The molecule has 0 saturated carbocycles. The van der Waals surface area contributed by atoms with E-state index in [2.05, 4.69) is 57.7 Å². The van der Waals surface area contributed by atoms with E-state index in [9.17, 15) is 4.79 Å². The van der Waals surface area contributed by atoms with Crippen LogP contribution in [-0.2, 0) is 22.5 Å². The Morgan fingerprint density at radius 3 is 2.70 bits per heavy atom. The highest BCUT2D eigenvalue weighted by atomic mass is 16.5. The smallest absolute Gasteiger partial charge is 0.220 e. The summed E-state index contributed by atoms with van der Waals surface area (Å²) in [5.74, 6) is 0.0831. The third kappa shape index (κ3) is 4.31. The van der Waals surface area contributed by atoms with Gasteiger partial charge in [0.2, 0.25) is 5.91 Å². The number of H-pyrrole nitrogens is 1. The van der Waals surface area contributed by atoms with Crippen LogP contribution in [0.1, 0.15) is 17.5 Å². The first kappa shape index (κ1) is 17.6. The molecular weight excluding hydrogens is 338 g/mol. The van der Waals surface area contributed by atoms with Crippen molar-refractivity contribution in [1.82, 2.24) is 10.3 Å². The van der Waals surface area contributed by atoms with Crippen molar-refractivity contribution in [2.75, 3.05) is 31.2 Å². The first-order valence-corrected chi connectivity index (χ1v) is 9.53. The van der Waals surface area contributed by atoms with Gasteiger partial charge in [0.05, 0.1) is 13.2 Å². The first-order valence-electron chi connectivity index (χ1n) is 9.53. The van der Waals surface area contributed by atoms with Crippen LogP contribution < -0.4 is 10.2 Å². The van der Waals surface area contributed by atoms with Crippen LogP contribution in [-0.4, -0.2) is 37.2 Å². The summed E-state index contributed by atoms with van der Waals surface area (Å²) in [6.07, 6.45) is 3.18. The van der Waals surface area contributed by atoms with E-state index in [1.165, 1.54) is 16.6 Å². The number of rotatable bonds is 6. The molecule has 1 saturated heterocycles. The van der Waals surface area contributed by atoms with Gasteiger partial charge in [-0.25, -0.2) is 0 Å². The molecule has 3 aromatic rings. The molecule has 27 heavy (non-hydrogen) atoms. The molecule has 2 N–H and O–H groups in total. The molecule has 0 atom stereocenters. The number of benzene rings is 2. The van der Waals surface area contributed by atoms with Crippen molar-refractivity contribution in [3.05, 3.63) is 65.9 Å². The Hall–Kier alpha value is -2.79. The predicted molar refractivity (Wildman–Crippen MR) is 108 cm³/mol. The number of ether oxygens (including phenoxy) is 1. The lowest BCUT2D eigenvalue weighted by Gasteiger charge is -2.28. The molecule has 1 amide bonds. The Morgan fingerprint density at radius 1 is 1.07 bits per heavy atom. The number of aromatic amines is 1. The van der Waals surface area contributed by atoms with Crippen LogP contribution in [0, 0.1) is 0 Å². The first-order chi connectivity index (χ1) is 13.3. The fourth-order valence-electron chi connectivity index (χ4n) is 3.55. The molecule has 5 nitrogen and oxygen atoms in total. The van der Waals surface area contributed by atoms with E-state index >= 15 is 0 Å². The molecule has 1 aromatic heterocycles. The van der Waals surface area contributed by atoms with Crippen LogP contribution in [0.2, 0.25) is 0 Å². The van der Waals surface area contributed by atoms with Gasteiger partial charge >= 0.3 is 0 Å². The molecule has 0 bridgehead atoms. The number of nitrogens with one attached hydrogen (secondary N) is 2. The third-order valence-electron chi connectivity index (χ3n) is 5.11. The number of hydrogen-bond donors (Lipinski definition) is 2. The van der Waals surface area contributed by atoms with Crippen molar-refractivity contribution < 1.29 is 9.53 Å². The number of carbonyl (C=O) groups excluding carboxylic acids is 1. The topological polar surface area (TPSA) is 57.4 Å². The van der Waals surface area contributed by atoms with E-state index in [-0.39, 0.29) is 5.91 Å². The van der Waals surface area contributed by atoms with Crippen molar-refractivity contribution >= 4 is 22.5 Å². The van der Waals surface area contributed by atoms with Gasteiger partial charge in [-0.2, -0.15) is 0 Å². The maximum absolute atomic E-state index is 12.2. The third-order valence-corrected chi connectivity index (χ3v) is 5.11. The second-order valence-corrected chi connectivity index (χ2v) is 6.90. The van der Waals surface area contributed by atoms with Gasteiger partial charge in [0.25, 0.3) is 0 Å². The molecule has 140 valence electrons. The monoisotopic (exact) mass is 363 g/mol. The standard InChI is InChI=1S/C22H25N3O2/c26-22(9-6-18-2-1-3-21-20(18)10-11-23-21)24-16-17-4-7-19(8-5-17)25-12-14-27-15-13-25/h1-5,7-8,10-11,23H,6,9,12-16H2,(H,24,26). The highest BCUT2D eigenvalue weighted by Crippen LogP contribution is 2.19. The number of hydrogen-bond acceptors (Lipinski definition) is 3. The molecule has 4 rings (SSSR count). The van der Waals surface area contributed by atoms with E-state index < -0.39 is 0 Å². The normalized spacial score (nSPS) is 14.4. The number of fused-ring (bicyclic) bond motifs is 1. The van der Waals surface area contributed by atoms with Crippen molar-refractivity contribution in [3.63, 3.8) is 0 Å². The van der Waals surface area contributed by atoms with Crippen LogP contribution in [0.5, 0.6) is 0 Å². The summed E-state index contributed by atoms with van der Waals surface area (Å²) in [5.41, 5.74) is 4.66. The lowest BCUT2D eigenvalue weighted by molar-refractivity contribution is -0.121. The summed E-state index contributed by atoms with van der Waals surface area (Å²) in [4.78, 5) is 17.8. The van der Waals surface area contributed by atoms with Crippen molar-refractivity contribution in [1.29, 1.82) is 0 Å². The number of aryl methyl sites for hydroxylation is 1. The van der Waals surface area contributed by atoms with Crippen LogP contribution in [0.4, 0.5) is 5.69 Å². The van der Waals surface area contributed by atoms with Gasteiger partial charge in [0.15, 0.2) is 0 Å². The van der Waals surface area contributed by atoms with E-state index in [1.54, 1.807) is 0 Å². The molecule has 0 spiro atoms. The lowest BCUT2D eigenvalue weighted by Crippen LogP contribution is -2.36. The lowest BCUT2D eigenvalue weighted by atomic mass is 10.1.